The zero-order valence-electron chi connectivity index (χ0n) is 16.1. The number of hydrogen-bond acceptors (Lipinski definition) is 6. The number of anilines is 2. The molecular weight excluding hydrogens is 375 g/mol. The monoisotopic (exact) mass is 396 g/mol. The number of nitrogens with zero attached hydrogens (tertiary/aromatic N) is 2. The molecule has 0 spiro atoms. The Morgan fingerprint density at radius 3 is 2.66 bits per heavy atom. The standard InChI is InChI=1S/C21H21FN4O3/c1-28-15-7-8-19(29-2)17(11-15)26-20-12-18(24-13-25-20)21(27)23-10-9-14-5-3-4-6-16(14)22/h3-8,11-13H,9-10H2,1-2H3,(H,23,27)(H,24,25,26). The second kappa shape index (κ2) is 9.50. The molecule has 0 aliphatic rings. The number of carbonyl (C=O) groups is 1. The molecule has 0 saturated carbocycles. The van der Waals surface area contributed by atoms with E-state index in [1.807, 2.05) is 0 Å². The molecule has 2 aromatic carbocycles. The Hall–Kier alpha value is -3.68. The lowest BCUT2D eigenvalue weighted by Gasteiger charge is -2.12. The highest BCUT2D eigenvalue weighted by Gasteiger charge is 2.11. The highest BCUT2D eigenvalue weighted by Crippen LogP contribution is 2.30. The van der Waals surface area contributed by atoms with Crippen LogP contribution in [0.15, 0.2) is 54.9 Å². The van der Waals surface area contributed by atoms with E-state index in [0.29, 0.717) is 35.0 Å². The van der Waals surface area contributed by atoms with Crippen LogP contribution < -0.4 is 20.1 Å². The predicted octanol–water partition coefficient (Wildman–Crippen LogP) is 3.35. The van der Waals surface area contributed by atoms with Crippen LogP contribution in [0.4, 0.5) is 15.9 Å². The molecule has 1 amide bonds. The molecule has 2 N–H and O–H groups in total. The molecule has 7 nitrogen and oxygen atoms in total. The van der Waals surface area contributed by atoms with Crippen molar-refractivity contribution in [1.29, 1.82) is 0 Å². The van der Waals surface area contributed by atoms with Gasteiger partial charge in [0.2, 0.25) is 0 Å². The molecule has 0 aliphatic carbocycles. The van der Waals surface area contributed by atoms with Crippen LogP contribution >= 0.6 is 0 Å². The number of nitrogens with one attached hydrogen (secondary N) is 2. The van der Waals surface area contributed by atoms with Gasteiger partial charge in [-0.3, -0.25) is 4.79 Å². The van der Waals surface area contributed by atoms with E-state index in [-0.39, 0.29) is 24.0 Å². The van der Waals surface area contributed by atoms with Crippen molar-refractivity contribution >= 4 is 17.4 Å². The van der Waals surface area contributed by atoms with Crippen LogP contribution in [0.25, 0.3) is 0 Å². The summed E-state index contributed by atoms with van der Waals surface area (Å²) in [6, 6.07) is 13.3. The first-order chi connectivity index (χ1) is 14.1. The maximum atomic E-state index is 13.7. The van der Waals surface area contributed by atoms with Crippen molar-refractivity contribution in [2.75, 3.05) is 26.1 Å². The van der Waals surface area contributed by atoms with Gasteiger partial charge in [-0.2, -0.15) is 0 Å². The van der Waals surface area contributed by atoms with E-state index in [1.54, 1.807) is 50.6 Å². The van der Waals surface area contributed by atoms with E-state index in [4.69, 9.17) is 9.47 Å². The van der Waals surface area contributed by atoms with E-state index >= 15 is 0 Å². The third-order valence-corrected chi connectivity index (χ3v) is 4.21. The summed E-state index contributed by atoms with van der Waals surface area (Å²) in [5, 5.41) is 5.84. The fraction of sp³-hybridized carbons (Fsp3) is 0.190. The summed E-state index contributed by atoms with van der Waals surface area (Å²) in [4.78, 5) is 20.5. The molecule has 0 bridgehead atoms. The number of carbonyl (C=O) groups excluding carboxylic acids is 1. The number of methoxy groups -OCH3 is 2. The minimum Gasteiger partial charge on any atom is -0.497 e. The zero-order valence-corrected chi connectivity index (χ0v) is 16.1. The molecule has 3 aromatic rings. The normalized spacial score (nSPS) is 10.3. The molecule has 29 heavy (non-hydrogen) atoms. The van der Waals surface area contributed by atoms with E-state index in [2.05, 4.69) is 20.6 Å². The van der Waals surface area contributed by atoms with Gasteiger partial charge in [-0.1, -0.05) is 18.2 Å². The Labute approximate surface area is 167 Å². The Balaban J connectivity index is 1.66. The average molecular weight is 396 g/mol. The lowest BCUT2D eigenvalue weighted by molar-refractivity contribution is 0.0949. The van der Waals surface area contributed by atoms with E-state index in [0.717, 1.165) is 0 Å². The highest BCUT2D eigenvalue weighted by molar-refractivity contribution is 5.93. The van der Waals surface area contributed by atoms with Gasteiger partial charge in [0.15, 0.2) is 0 Å². The number of halogens is 1. The van der Waals surface area contributed by atoms with Crippen molar-refractivity contribution in [3.8, 4) is 11.5 Å². The smallest absolute Gasteiger partial charge is 0.270 e. The molecule has 1 heterocycles. The van der Waals surface area contributed by atoms with Gasteiger partial charge in [0.25, 0.3) is 5.91 Å². The Bertz CT molecular complexity index is 997. The number of ether oxygens (including phenoxy) is 2. The molecule has 0 aliphatic heterocycles. The summed E-state index contributed by atoms with van der Waals surface area (Å²) < 4.78 is 24.2. The van der Waals surface area contributed by atoms with E-state index < -0.39 is 0 Å². The molecule has 3 rings (SSSR count). The van der Waals surface area contributed by atoms with Crippen molar-refractivity contribution < 1.29 is 18.7 Å². The largest absolute Gasteiger partial charge is 0.497 e. The van der Waals surface area contributed by atoms with Crippen LogP contribution in [0.3, 0.4) is 0 Å². The van der Waals surface area contributed by atoms with Crippen molar-refractivity contribution in [2.24, 2.45) is 0 Å². The van der Waals surface area contributed by atoms with Crippen LogP contribution in [0.1, 0.15) is 16.1 Å². The predicted molar refractivity (Wildman–Crippen MR) is 107 cm³/mol. The summed E-state index contributed by atoms with van der Waals surface area (Å²) in [6.07, 6.45) is 1.68. The van der Waals surface area contributed by atoms with Crippen LogP contribution in [-0.4, -0.2) is 36.6 Å². The second-order valence-electron chi connectivity index (χ2n) is 6.08. The molecule has 150 valence electrons. The van der Waals surface area contributed by atoms with Crippen molar-refractivity contribution in [3.05, 3.63) is 71.9 Å². The van der Waals surface area contributed by atoms with Gasteiger partial charge < -0.3 is 20.1 Å². The van der Waals surface area contributed by atoms with Crippen LogP contribution in [-0.2, 0) is 6.42 Å². The summed E-state index contributed by atoms with van der Waals surface area (Å²) >= 11 is 0. The molecule has 0 radical (unpaired) electrons. The lowest BCUT2D eigenvalue weighted by Crippen LogP contribution is -2.26. The Morgan fingerprint density at radius 2 is 1.90 bits per heavy atom. The third-order valence-electron chi connectivity index (χ3n) is 4.21. The number of amides is 1. The maximum absolute atomic E-state index is 13.7. The average Bonchev–Trinajstić information content (AvgIpc) is 2.75. The molecule has 0 atom stereocenters. The number of rotatable bonds is 8. The van der Waals surface area contributed by atoms with Crippen LogP contribution in [0.2, 0.25) is 0 Å². The minimum atomic E-state index is -0.371. The topological polar surface area (TPSA) is 85.4 Å². The fourth-order valence-electron chi connectivity index (χ4n) is 2.70. The first-order valence-electron chi connectivity index (χ1n) is 8.93. The summed E-state index contributed by atoms with van der Waals surface area (Å²) in [6.45, 7) is 0.288. The van der Waals surface area contributed by atoms with Gasteiger partial charge >= 0.3 is 0 Å². The first kappa shape index (κ1) is 20.1. The van der Waals surface area contributed by atoms with Crippen LogP contribution in [0.5, 0.6) is 11.5 Å². The van der Waals surface area contributed by atoms with Crippen molar-refractivity contribution in [3.63, 3.8) is 0 Å². The second-order valence-corrected chi connectivity index (χ2v) is 6.08. The molecular formula is C21H21FN4O3. The van der Waals surface area contributed by atoms with E-state index in [9.17, 15) is 9.18 Å². The fourth-order valence-corrected chi connectivity index (χ4v) is 2.70. The lowest BCUT2D eigenvalue weighted by atomic mass is 10.1. The molecule has 0 fully saturated rings. The summed E-state index contributed by atoms with van der Waals surface area (Å²) in [5.74, 6) is 1.01. The number of hydrogen-bond donors (Lipinski definition) is 2. The highest BCUT2D eigenvalue weighted by atomic mass is 19.1. The number of benzene rings is 2. The minimum absolute atomic E-state index is 0.192. The summed E-state index contributed by atoms with van der Waals surface area (Å²) in [5.41, 5.74) is 1.37. The summed E-state index contributed by atoms with van der Waals surface area (Å²) in [7, 11) is 3.13. The van der Waals surface area contributed by atoms with Gasteiger partial charge in [0, 0.05) is 18.7 Å². The number of aromatic nitrogens is 2. The van der Waals surface area contributed by atoms with E-state index in [1.165, 1.54) is 18.5 Å². The Kier molecular flexibility index (Phi) is 6.57. The molecule has 1 aromatic heterocycles. The zero-order chi connectivity index (χ0) is 20.6. The van der Waals surface area contributed by atoms with Crippen molar-refractivity contribution in [2.45, 2.75) is 6.42 Å². The SMILES string of the molecule is COc1ccc(OC)c(Nc2cc(C(=O)NCCc3ccccc3F)ncn2)c1. The quantitative estimate of drug-likeness (QED) is 0.607. The Morgan fingerprint density at radius 1 is 1.07 bits per heavy atom. The van der Waals surface area contributed by atoms with Crippen molar-refractivity contribution in [1.82, 2.24) is 15.3 Å². The van der Waals surface area contributed by atoms with Gasteiger partial charge in [0.1, 0.15) is 35.2 Å². The third kappa shape index (κ3) is 5.19. The van der Waals surface area contributed by atoms with Gasteiger partial charge in [-0.15, -0.1) is 0 Å². The van der Waals surface area contributed by atoms with Gasteiger partial charge in [-0.25, -0.2) is 14.4 Å². The first-order valence-corrected chi connectivity index (χ1v) is 8.93. The van der Waals surface area contributed by atoms with Crippen LogP contribution in [0, 0.1) is 5.82 Å². The molecule has 8 heteroatoms. The maximum Gasteiger partial charge on any atom is 0.270 e. The molecule has 0 unspecified atom stereocenters. The molecule has 0 saturated heterocycles. The van der Waals surface area contributed by atoms with Gasteiger partial charge in [0.05, 0.1) is 19.9 Å². The van der Waals surface area contributed by atoms with Gasteiger partial charge in [-0.05, 0) is 30.2 Å².